The molecule has 1 aromatic heterocycles. The molecule has 2 rings (SSSR count). The molecule has 1 saturated heterocycles. The van der Waals surface area contributed by atoms with Crippen molar-refractivity contribution in [3.05, 3.63) is 32.6 Å². The van der Waals surface area contributed by atoms with Crippen molar-refractivity contribution in [3.8, 4) is 0 Å². The third-order valence-corrected chi connectivity index (χ3v) is 3.76. The first-order chi connectivity index (χ1) is 10.5. The van der Waals surface area contributed by atoms with Crippen LogP contribution in [-0.2, 0) is 19.8 Å². The molecule has 0 bridgehead atoms. The number of rotatable bonds is 4. The average molecular weight is 356 g/mol. The predicted molar refractivity (Wildman–Crippen MR) is 70.0 cm³/mol. The lowest BCUT2D eigenvalue weighted by atomic mass is 10.1. The summed E-state index contributed by atoms with van der Waals surface area (Å²) < 4.78 is 35.1. The fourth-order valence-electron chi connectivity index (χ4n) is 2.17. The van der Waals surface area contributed by atoms with E-state index in [9.17, 15) is 23.7 Å². The molecule has 2 heterocycles. The minimum absolute atomic E-state index is 0.0858. The van der Waals surface area contributed by atoms with E-state index in [1.165, 1.54) is 6.92 Å². The summed E-state index contributed by atoms with van der Waals surface area (Å²) in [5.74, 6) is -3.31. The number of halogens is 1. The molecular formula is C10H14FN2O9P. The number of hydrogen-bond donors (Lipinski definition) is 5. The Hall–Kier alpha value is -1.40. The Kier molecular flexibility index (Phi) is 4.61. The molecule has 130 valence electrons. The number of aromatic nitrogens is 2. The molecule has 5 N–H and O–H groups in total. The summed E-state index contributed by atoms with van der Waals surface area (Å²) in [6.45, 7) is 0.303. The summed E-state index contributed by atoms with van der Waals surface area (Å²) in [4.78, 5) is 42.4. The summed E-state index contributed by atoms with van der Waals surface area (Å²) in [6, 6.07) is 0. The molecule has 0 aliphatic carbocycles. The molecule has 4 atom stereocenters. The smallest absolute Gasteiger partial charge is 0.394 e. The highest BCUT2D eigenvalue weighted by atomic mass is 31.2. The van der Waals surface area contributed by atoms with Crippen LogP contribution in [0.2, 0.25) is 0 Å². The third kappa shape index (κ3) is 3.28. The van der Waals surface area contributed by atoms with Gasteiger partial charge in [-0.25, -0.2) is 13.9 Å². The lowest BCUT2D eigenvalue weighted by Crippen LogP contribution is -2.49. The maximum absolute atomic E-state index is 15.0. The normalized spacial score (nSPS) is 31.5. The maximum Gasteiger partial charge on any atom is 0.470 e. The Bertz CT molecular complexity index is 757. The van der Waals surface area contributed by atoms with Gasteiger partial charge < -0.3 is 24.7 Å². The summed E-state index contributed by atoms with van der Waals surface area (Å²) in [5, 5.41) is 19.1. The van der Waals surface area contributed by atoms with E-state index in [0.717, 1.165) is 6.20 Å². The summed E-state index contributed by atoms with van der Waals surface area (Å²) >= 11 is 0. The van der Waals surface area contributed by atoms with Crippen LogP contribution in [0.4, 0.5) is 4.39 Å². The molecule has 13 heteroatoms. The first-order valence-corrected chi connectivity index (χ1v) is 7.75. The van der Waals surface area contributed by atoms with E-state index < -0.39 is 50.0 Å². The number of aryl methyl sites for hydroxylation is 1. The molecule has 0 amide bonds. The van der Waals surface area contributed by atoms with E-state index in [0.29, 0.717) is 0 Å². The number of aliphatic hydroxyl groups excluding tert-OH is 2. The van der Waals surface area contributed by atoms with Gasteiger partial charge in [0.2, 0.25) is 0 Å². The van der Waals surface area contributed by atoms with Gasteiger partial charge >= 0.3 is 19.5 Å². The van der Waals surface area contributed by atoms with Crippen molar-refractivity contribution in [2.45, 2.75) is 31.2 Å². The van der Waals surface area contributed by atoms with Crippen molar-refractivity contribution >= 4 is 7.82 Å². The number of hydrogen-bond acceptors (Lipinski definition) is 7. The van der Waals surface area contributed by atoms with Crippen LogP contribution >= 0.6 is 7.82 Å². The molecule has 1 aliphatic rings. The molecule has 1 aromatic rings. The first kappa shape index (κ1) is 17.9. The van der Waals surface area contributed by atoms with Crippen LogP contribution in [0.3, 0.4) is 0 Å². The highest BCUT2D eigenvalue weighted by Gasteiger charge is 2.59. The van der Waals surface area contributed by atoms with Gasteiger partial charge in [-0.2, -0.15) is 4.39 Å². The minimum atomic E-state index is -5.14. The van der Waals surface area contributed by atoms with Gasteiger partial charge in [0.1, 0.15) is 12.2 Å². The largest absolute Gasteiger partial charge is 0.470 e. The van der Waals surface area contributed by atoms with Crippen LogP contribution in [0.15, 0.2) is 15.8 Å². The minimum Gasteiger partial charge on any atom is -0.394 e. The zero-order valence-electron chi connectivity index (χ0n) is 11.6. The quantitative estimate of drug-likeness (QED) is 0.371. The fourth-order valence-corrected chi connectivity index (χ4v) is 2.74. The SMILES string of the molecule is Cc1cn([C@]2(F)O[C@H](CO)[C@@H](OP(=O)(O)O)[C@H]2O)c(=O)[nH]c1=O. The van der Waals surface area contributed by atoms with E-state index in [1.54, 1.807) is 4.98 Å². The zero-order chi connectivity index (χ0) is 17.6. The molecule has 0 unspecified atom stereocenters. The number of aromatic amines is 1. The van der Waals surface area contributed by atoms with Gasteiger partial charge in [0.15, 0.2) is 6.10 Å². The van der Waals surface area contributed by atoms with E-state index in [4.69, 9.17) is 19.6 Å². The lowest BCUT2D eigenvalue weighted by molar-refractivity contribution is -0.239. The average Bonchev–Trinajstić information content (AvgIpc) is 2.66. The molecule has 1 fully saturated rings. The van der Waals surface area contributed by atoms with Gasteiger partial charge in [-0.3, -0.25) is 14.3 Å². The lowest BCUT2D eigenvalue weighted by Gasteiger charge is -2.25. The monoisotopic (exact) mass is 356 g/mol. The summed E-state index contributed by atoms with van der Waals surface area (Å²) in [7, 11) is -5.14. The number of ether oxygens (including phenoxy) is 1. The number of aliphatic hydroxyl groups is 2. The van der Waals surface area contributed by atoms with E-state index in [1.807, 2.05) is 0 Å². The van der Waals surface area contributed by atoms with Crippen molar-refractivity contribution in [2.75, 3.05) is 6.61 Å². The highest BCUT2D eigenvalue weighted by Crippen LogP contribution is 2.45. The van der Waals surface area contributed by atoms with Crippen LogP contribution in [-0.4, -0.2) is 54.5 Å². The van der Waals surface area contributed by atoms with Gasteiger partial charge in [-0.1, -0.05) is 0 Å². The summed E-state index contributed by atoms with van der Waals surface area (Å²) in [5.41, 5.74) is -2.14. The number of alkyl halides is 1. The molecule has 1 aliphatic heterocycles. The highest BCUT2D eigenvalue weighted by molar-refractivity contribution is 7.46. The van der Waals surface area contributed by atoms with Crippen molar-refractivity contribution in [1.29, 1.82) is 0 Å². The molecular weight excluding hydrogens is 342 g/mol. The molecule has 0 saturated carbocycles. The van der Waals surface area contributed by atoms with Crippen LogP contribution < -0.4 is 11.2 Å². The molecule has 23 heavy (non-hydrogen) atoms. The van der Waals surface area contributed by atoms with E-state index in [2.05, 4.69) is 4.52 Å². The van der Waals surface area contributed by atoms with Crippen molar-refractivity contribution < 1.29 is 38.2 Å². The second-order valence-electron chi connectivity index (χ2n) is 4.89. The van der Waals surface area contributed by atoms with Crippen molar-refractivity contribution in [2.24, 2.45) is 0 Å². The molecule has 0 radical (unpaired) electrons. The second kappa shape index (κ2) is 5.91. The number of nitrogens with zero attached hydrogens (tertiary/aromatic N) is 1. The Morgan fingerprint density at radius 1 is 1.52 bits per heavy atom. The van der Waals surface area contributed by atoms with Gasteiger partial charge in [0.25, 0.3) is 5.56 Å². The van der Waals surface area contributed by atoms with E-state index >= 15 is 0 Å². The topological polar surface area (TPSA) is 171 Å². The molecule has 11 nitrogen and oxygen atoms in total. The fraction of sp³-hybridized carbons (Fsp3) is 0.600. The number of H-pyrrole nitrogens is 1. The molecule has 0 spiro atoms. The Labute approximate surface area is 127 Å². The Morgan fingerprint density at radius 3 is 2.65 bits per heavy atom. The first-order valence-electron chi connectivity index (χ1n) is 6.22. The van der Waals surface area contributed by atoms with Gasteiger partial charge in [-0.15, -0.1) is 0 Å². The molecule has 0 aromatic carbocycles. The van der Waals surface area contributed by atoms with Crippen LogP contribution in [0.25, 0.3) is 0 Å². The standard InChI is InChI=1S/C10H14FN2O9P/c1-4-2-13(9(17)12-8(4)16)10(11)7(15)6(5(3-14)21-10)22-23(18,19)20/h2,5-7,14-15H,3H2,1H3,(H,12,16,17)(H2,18,19,20)/t5-,6-,7-,10+/m1/s1. The Morgan fingerprint density at radius 2 is 2.13 bits per heavy atom. The number of phosphoric ester groups is 1. The second-order valence-corrected chi connectivity index (χ2v) is 6.09. The van der Waals surface area contributed by atoms with Gasteiger partial charge in [0.05, 0.1) is 6.61 Å². The van der Waals surface area contributed by atoms with Crippen LogP contribution in [0.1, 0.15) is 5.56 Å². The van der Waals surface area contributed by atoms with Crippen LogP contribution in [0, 0.1) is 6.92 Å². The van der Waals surface area contributed by atoms with Crippen LogP contribution in [0.5, 0.6) is 0 Å². The van der Waals surface area contributed by atoms with Gasteiger partial charge in [-0.05, 0) is 6.92 Å². The van der Waals surface area contributed by atoms with Gasteiger partial charge in [0, 0.05) is 11.8 Å². The zero-order valence-corrected chi connectivity index (χ0v) is 12.5. The predicted octanol–water partition coefficient (Wildman–Crippen LogP) is -2.35. The number of phosphoric acid groups is 1. The van der Waals surface area contributed by atoms with E-state index in [-0.39, 0.29) is 10.1 Å². The summed E-state index contributed by atoms with van der Waals surface area (Å²) in [6.07, 6.45) is -5.22. The van der Waals surface area contributed by atoms with Crippen molar-refractivity contribution in [3.63, 3.8) is 0 Å². The number of nitrogens with one attached hydrogen (secondary N) is 1. The third-order valence-electron chi connectivity index (χ3n) is 3.25. The van der Waals surface area contributed by atoms with Crippen molar-refractivity contribution in [1.82, 2.24) is 9.55 Å². The Balaban J connectivity index is 2.50. The maximum atomic E-state index is 15.0.